The third kappa shape index (κ3) is 4.57. The van der Waals surface area contributed by atoms with Crippen LogP contribution in [-0.4, -0.2) is 17.4 Å². The van der Waals surface area contributed by atoms with E-state index in [1.54, 1.807) is 26.0 Å². The number of anilines is 1. The fourth-order valence-electron chi connectivity index (χ4n) is 3.87. The van der Waals surface area contributed by atoms with E-state index in [9.17, 15) is 22.8 Å². The fraction of sp³-hybridized carbons (Fsp3) is 0.304. The third-order valence-corrected chi connectivity index (χ3v) is 5.26. The van der Waals surface area contributed by atoms with Crippen molar-refractivity contribution in [3.8, 4) is 5.75 Å². The first kappa shape index (κ1) is 21.0. The number of amides is 2. The lowest BCUT2D eigenvalue weighted by Crippen LogP contribution is -2.32. The van der Waals surface area contributed by atoms with Crippen LogP contribution in [0.3, 0.4) is 0 Å². The molecule has 0 aromatic heterocycles. The minimum atomic E-state index is -4.48. The maximum Gasteiger partial charge on any atom is 0.416 e. The van der Waals surface area contributed by atoms with Crippen molar-refractivity contribution in [2.24, 2.45) is 0 Å². The van der Waals surface area contributed by atoms with E-state index in [0.717, 1.165) is 23.3 Å². The number of halogens is 3. The maximum atomic E-state index is 13.1. The Morgan fingerprint density at radius 3 is 2.68 bits per heavy atom. The van der Waals surface area contributed by atoms with Crippen molar-refractivity contribution >= 4 is 23.1 Å². The monoisotopic (exact) mass is 430 g/mol. The Morgan fingerprint density at radius 1 is 1.16 bits per heavy atom. The molecule has 2 aliphatic heterocycles. The molecule has 8 heteroatoms. The Morgan fingerprint density at radius 2 is 1.94 bits per heavy atom. The highest BCUT2D eigenvalue weighted by Crippen LogP contribution is 2.43. The lowest BCUT2D eigenvalue weighted by molar-refractivity contribution is -0.137. The summed E-state index contributed by atoms with van der Waals surface area (Å²) in [4.78, 5) is 24.3. The van der Waals surface area contributed by atoms with Crippen LogP contribution in [0.2, 0.25) is 0 Å². The number of alkyl halides is 3. The lowest BCUT2D eigenvalue weighted by atomic mass is 9.88. The molecule has 0 saturated heterocycles. The normalized spacial score (nSPS) is 18.5. The van der Waals surface area contributed by atoms with Gasteiger partial charge in [0.25, 0.3) is 0 Å². The first-order valence-corrected chi connectivity index (χ1v) is 9.81. The van der Waals surface area contributed by atoms with Crippen LogP contribution in [0, 0.1) is 0 Å². The Kier molecular flexibility index (Phi) is 5.03. The molecule has 4 rings (SSSR count). The second-order valence-corrected chi connectivity index (χ2v) is 8.34. The van der Waals surface area contributed by atoms with Gasteiger partial charge in [0.2, 0.25) is 11.8 Å². The number of rotatable bonds is 2. The summed E-state index contributed by atoms with van der Waals surface area (Å²) in [6, 6.07) is 8.66. The molecule has 5 nitrogen and oxygen atoms in total. The number of hydrogen-bond donors (Lipinski definition) is 2. The molecule has 2 aromatic carbocycles. The van der Waals surface area contributed by atoms with Crippen molar-refractivity contribution in [3.05, 3.63) is 64.7 Å². The van der Waals surface area contributed by atoms with Crippen molar-refractivity contribution < 1.29 is 27.5 Å². The molecule has 2 aromatic rings. The van der Waals surface area contributed by atoms with Crippen LogP contribution < -0.4 is 15.4 Å². The average Bonchev–Trinajstić information content (AvgIpc) is 2.65. The van der Waals surface area contributed by atoms with Gasteiger partial charge in [-0.1, -0.05) is 12.1 Å². The molecular formula is C23H21F3N2O3. The van der Waals surface area contributed by atoms with Gasteiger partial charge in [-0.2, -0.15) is 13.2 Å². The number of carbonyl (C=O) groups excluding carboxylic acids is 2. The number of fused-ring (bicyclic) bond motifs is 2. The molecule has 2 aliphatic rings. The van der Waals surface area contributed by atoms with Gasteiger partial charge in [0.15, 0.2) is 0 Å². The number of ether oxygens (including phenoxy) is 1. The first-order valence-electron chi connectivity index (χ1n) is 9.81. The van der Waals surface area contributed by atoms with Crippen LogP contribution in [0.1, 0.15) is 42.5 Å². The van der Waals surface area contributed by atoms with Gasteiger partial charge in [-0.05, 0) is 54.8 Å². The predicted octanol–water partition coefficient (Wildman–Crippen LogP) is 4.46. The van der Waals surface area contributed by atoms with E-state index in [2.05, 4.69) is 10.6 Å². The Bertz CT molecular complexity index is 1100. The van der Waals surface area contributed by atoms with Gasteiger partial charge in [0, 0.05) is 30.3 Å². The van der Waals surface area contributed by atoms with E-state index in [1.807, 2.05) is 6.07 Å². The summed E-state index contributed by atoms with van der Waals surface area (Å²) >= 11 is 0. The molecule has 0 saturated carbocycles. The Hall–Kier alpha value is -3.29. The summed E-state index contributed by atoms with van der Waals surface area (Å²) in [5.41, 5.74) is 1.89. The first-order chi connectivity index (χ1) is 14.5. The van der Waals surface area contributed by atoms with E-state index in [1.165, 1.54) is 12.1 Å². The smallest absolute Gasteiger partial charge is 0.416 e. The molecule has 0 aliphatic carbocycles. The van der Waals surface area contributed by atoms with Gasteiger partial charge in [-0.25, -0.2) is 0 Å². The van der Waals surface area contributed by atoms with Crippen molar-refractivity contribution in [1.82, 2.24) is 5.32 Å². The molecule has 2 N–H and O–H groups in total. The highest BCUT2D eigenvalue weighted by atomic mass is 19.4. The Balaban J connectivity index is 1.60. The molecule has 0 bridgehead atoms. The van der Waals surface area contributed by atoms with Crippen molar-refractivity contribution in [1.29, 1.82) is 0 Å². The molecule has 0 radical (unpaired) electrons. The van der Waals surface area contributed by atoms with Crippen LogP contribution >= 0.6 is 0 Å². The molecule has 0 fully saturated rings. The zero-order valence-corrected chi connectivity index (χ0v) is 17.0. The fourth-order valence-corrected chi connectivity index (χ4v) is 3.87. The summed E-state index contributed by atoms with van der Waals surface area (Å²) in [5, 5.41) is 5.54. The second kappa shape index (κ2) is 7.44. The van der Waals surface area contributed by atoms with Crippen molar-refractivity contribution in [2.75, 3.05) is 5.32 Å². The molecule has 0 atom stereocenters. The summed E-state index contributed by atoms with van der Waals surface area (Å²) < 4.78 is 45.0. The van der Waals surface area contributed by atoms with Gasteiger partial charge >= 0.3 is 6.18 Å². The minimum Gasteiger partial charge on any atom is -0.487 e. The van der Waals surface area contributed by atoms with Gasteiger partial charge in [-0.15, -0.1) is 0 Å². The lowest BCUT2D eigenvalue weighted by Gasteiger charge is -2.34. The zero-order valence-electron chi connectivity index (χ0n) is 17.0. The SMILES string of the molecule is CC1(C)CC(=CC(=O)Nc2ccc3c(c2)CC(=O)NC3)c2ccc(C(F)(F)F)cc2O1. The Labute approximate surface area is 177 Å². The number of nitrogens with one attached hydrogen (secondary N) is 2. The molecule has 31 heavy (non-hydrogen) atoms. The molecule has 0 unspecified atom stereocenters. The molecule has 162 valence electrons. The van der Waals surface area contributed by atoms with Crippen LogP contribution in [0.15, 0.2) is 42.5 Å². The quantitative estimate of drug-likeness (QED) is 0.692. The molecule has 2 amide bonds. The van der Waals surface area contributed by atoms with Crippen LogP contribution in [0.25, 0.3) is 5.57 Å². The van der Waals surface area contributed by atoms with Gasteiger partial charge in [0.1, 0.15) is 11.4 Å². The van der Waals surface area contributed by atoms with Crippen LogP contribution in [0.4, 0.5) is 18.9 Å². The molecule has 2 heterocycles. The topological polar surface area (TPSA) is 67.4 Å². The number of hydrogen-bond acceptors (Lipinski definition) is 3. The van der Waals surface area contributed by atoms with E-state index in [-0.39, 0.29) is 18.1 Å². The average molecular weight is 430 g/mol. The minimum absolute atomic E-state index is 0.0719. The predicted molar refractivity (Wildman–Crippen MR) is 109 cm³/mol. The number of carbonyl (C=O) groups is 2. The van der Waals surface area contributed by atoms with E-state index >= 15 is 0 Å². The second-order valence-electron chi connectivity index (χ2n) is 8.34. The van der Waals surface area contributed by atoms with Crippen molar-refractivity contribution in [2.45, 2.75) is 45.0 Å². The summed E-state index contributed by atoms with van der Waals surface area (Å²) in [6.45, 7) is 3.98. The van der Waals surface area contributed by atoms with Crippen LogP contribution in [0.5, 0.6) is 5.75 Å². The number of benzene rings is 2. The van der Waals surface area contributed by atoms with E-state index < -0.39 is 23.2 Å². The summed E-state index contributed by atoms with van der Waals surface area (Å²) in [5.74, 6) is -0.374. The van der Waals surface area contributed by atoms with Crippen molar-refractivity contribution in [3.63, 3.8) is 0 Å². The summed E-state index contributed by atoms with van der Waals surface area (Å²) in [6.07, 6.45) is -2.48. The third-order valence-electron chi connectivity index (χ3n) is 5.26. The van der Waals surface area contributed by atoms with Gasteiger partial charge < -0.3 is 15.4 Å². The zero-order chi connectivity index (χ0) is 22.4. The highest BCUT2D eigenvalue weighted by Gasteiger charge is 2.35. The highest BCUT2D eigenvalue weighted by molar-refractivity contribution is 6.04. The van der Waals surface area contributed by atoms with E-state index in [4.69, 9.17) is 4.74 Å². The van der Waals surface area contributed by atoms with Gasteiger partial charge in [0.05, 0.1) is 12.0 Å². The van der Waals surface area contributed by atoms with Gasteiger partial charge in [-0.3, -0.25) is 9.59 Å². The summed E-state index contributed by atoms with van der Waals surface area (Å²) in [7, 11) is 0. The molecular weight excluding hydrogens is 409 g/mol. The maximum absolute atomic E-state index is 13.1. The molecule has 0 spiro atoms. The largest absolute Gasteiger partial charge is 0.487 e. The van der Waals surface area contributed by atoms with E-state index in [0.29, 0.717) is 29.8 Å². The van der Waals surface area contributed by atoms with Crippen LogP contribution in [-0.2, 0) is 28.7 Å². The standard InChI is InChI=1S/C23H21F3N2O3/c1-22(2)11-15(18-6-4-16(23(24,25)26)10-19(18)31-22)9-21(30)28-17-5-3-13-12-27-20(29)8-14(13)7-17/h3-7,9-10H,8,11-12H2,1-2H3,(H,27,29)(H,28,30).